The molecule has 0 spiro atoms. The van der Waals surface area contributed by atoms with E-state index in [2.05, 4.69) is 0 Å². The Bertz CT molecular complexity index is 302. The number of hydrogen-bond acceptors (Lipinski definition) is 2. The van der Waals surface area contributed by atoms with Crippen LogP contribution in [0, 0.1) is 11.8 Å². The van der Waals surface area contributed by atoms with Crippen molar-refractivity contribution in [2.75, 3.05) is 0 Å². The summed E-state index contributed by atoms with van der Waals surface area (Å²) in [7, 11) is 0. The van der Waals surface area contributed by atoms with Crippen LogP contribution >= 0.6 is 0 Å². The Morgan fingerprint density at radius 1 is 0.812 bits per heavy atom. The van der Waals surface area contributed by atoms with E-state index in [0.717, 1.165) is 11.1 Å². The Kier molecular flexibility index (Phi) is 4.51. The maximum absolute atomic E-state index is 9.96. The molecular weight excluding hydrogens is 200 g/mol. The Balaban J connectivity index is 2.95. The van der Waals surface area contributed by atoms with Crippen molar-refractivity contribution in [2.45, 2.75) is 39.9 Å². The average Bonchev–Trinajstić information content (AvgIpc) is 2.26. The molecule has 16 heavy (non-hydrogen) atoms. The molecule has 2 atom stereocenters. The minimum Gasteiger partial charge on any atom is -0.388 e. The molecule has 0 saturated carbocycles. The average molecular weight is 222 g/mol. The second kappa shape index (κ2) is 5.46. The minimum absolute atomic E-state index is 0.187. The van der Waals surface area contributed by atoms with Gasteiger partial charge in [-0.2, -0.15) is 0 Å². The van der Waals surface area contributed by atoms with Gasteiger partial charge >= 0.3 is 0 Å². The predicted molar refractivity (Wildman–Crippen MR) is 66.0 cm³/mol. The van der Waals surface area contributed by atoms with Crippen molar-refractivity contribution >= 4 is 0 Å². The maximum atomic E-state index is 9.96. The highest BCUT2D eigenvalue weighted by atomic mass is 16.3. The van der Waals surface area contributed by atoms with Gasteiger partial charge in [-0.1, -0.05) is 52.0 Å². The fraction of sp³-hybridized carbons (Fsp3) is 0.571. The quantitative estimate of drug-likeness (QED) is 0.822. The molecule has 1 aromatic carbocycles. The van der Waals surface area contributed by atoms with Gasteiger partial charge in [-0.05, 0) is 23.0 Å². The molecule has 0 aliphatic carbocycles. The van der Waals surface area contributed by atoms with Gasteiger partial charge in [0, 0.05) is 0 Å². The number of benzene rings is 1. The normalized spacial score (nSPS) is 15.5. The van der Waals surface area contributed by atoms with Crippen molar-refractivity contribution in [2.24, 2.45) is 11.8 Å². The maximum Gasteiger partial charge on any atom is 0.0813 e. The lowest BCUT2D eigenvalue weighted by Gasteiger charge is -2.19. The topological polar surface area (TPSA) is 40.5 Å². The van der Waals surface area contributed by atoms with E-state index in [9.17, 15) is 10.2 Å². The van der Waals surface area contributed by atoms with E-state index in [1.165, 1.54) is 0 Å². The van der Waals surface area contributed by atoms with E-state index in [1.807, 2.05) is 52.0 Å². The third-order valence-electron chi connectivity index (χ3n) is 2.86. The molecule has 2 heteroatoms. The summed E-state index contributed by atoms with van der Waals surface area (Å²) in [6.45, 7) is 7.93. The van der Waals surface area contributed by atoms with Gasteiger partial charge < -0.3 is 10.2 Å². The van der Waals surface area contributed by atoms with Gasteiger partial charge in [0.1, 0.15) is 0 Å². The molecule has 90 valence electrons. The van der Waals surface area contributed by atoms with Crippen LogP contribution in [0.5, 0.6) is 0 Å². The standard InChI is InChI=1S/C14H22O2/c1-9(2)13(15)11-6-5-7-12(8-11)14(16)10(3)4/h5-10,13-16H,1-4H3. The SMILES string of the molecule is CC(C)C(O)c1cccc(C(O)C(C)C)c1. The third-order valence-corrected chi connectivity index (χ3v) is 2.86. The third kappa shape index (κ3) is 3.06. The number of aliphatic hydroxyl groups is 2. The second-order valence-corrected chi connectivity index (χ2v) is 5.05. The van der Waals surface area contributed by atoms with Crippen molar-refractivity contribution in [3.63, 3.8) is 0 Å². The van der Waals surface area contributed by atoms with Crippen LogP contribution in [-0.4, -0.2) is 10.2 Å². The summed E-state index contributed by atoms with van der Waals surface area (Å²) in [5.74, 6) is 0.373. The van der Waals surface area contributed by atoms with E-state index >= 15 is 0 Å². The van der Waals surface area contributed by atoms with Crippen LogP contribution in [0.3, 0.4) is 0 Å². The van der Waals surface area contributed by atoms with Gasteiger partial charge in [0.25, 0.3) is 0 Å². The lowest BCUT2D eigenvalue weighted by Crippen LogP contribution is -2.09. The summed E-state index contributed by atoms with van der Waals surface area (Å²) < 4.78 is 0. The molecular formula is C14H22O2. The van der Waals surface area contributed by atoms with E-state index in [1.54, 1.807) is 0 Å². The van der Waals surface area contributed by atoms with E-state index < -0.39 is 12.2 Å². The van der Waals surface area contributed by atoms with E-state index in [4.69, 9.17) is 0 Å². The number of rotatable bonds is 4. The van der Waals surface area contributed by atoms with Gasteiger partial charge in [0.05, 0.1) is 12.2 Å². The van der Waals surface area contributed by atoms with Crippen LogP contribution in [-0.2, 0) is 0 Å². The Morgan fingerprint density at radius 2 is 1.19 bits per heavy atom. The molecule has 0 amide bonds. The van der Waals surface area contributed by atoms with Gasteiger partial charge in [-0.3, -0.25) is 0 Å². The monoisotopic (exact) mass is 222 g/mol. The van der Waals surface area contributed by atoms with Crippen molar-refractivity contribution in [1.82, 2.24) is 0 Å². The molecule has 0 bridgehead atoms. The lowest BCUT2D eigenvalue weighted by molar-refractivity contribution is 0.120. The first-order valence-corrected chi connectivity index (χ1v) is 5.89. The highest BCUT2D eigenvalue weighted by Crippen LogP contribution is 2.26. The van der Waals surface area contributed by atoms with Crippen LogP contribution in [0.15, 0.2) is 24.3 Å². The second-order valence-electron chi connectivity index (χ2n) is 5.05. The van der Waals surface area contributed by atoms with Gasteiger partial charge in [0.2, 0.25) is 0 Å². The van der Waals surface area contributed by atoms with Crippen LogP contribution in [0.2, 0.25) is 0 Å². The molecule has 2 N–H and O–H groups in total. The van der Waals surface area contributed by atoms with E-state index in [0.29, 0.717) is 0 Å². The van der Waals surface area contributed by atoms with Crippen LogP contribution < -0.4 is 0 Å². The van der Waals surface area contributed by atoms with Gasteiger partial charge in [0.15, 0.2) is 0 Å². The summed E-state index contributed by atoms with van der Waals surface area (Å²) in [6, 6.07) is 7.60. The zero-order valence-electron chi connectivity index (χ0n) is 10.5. The molecule has 1 aromatic rings. The fourth-order valence-corrected chi connectivity index (χ4v) is 1.70. The van der Waals surface area contributed by atoms with Gasteiger partial charge in [-0.15, -0.1) is 0 Å². The van der Waals surface area contributed by atoms with Crippen molar-refractivity contribution < 1.29 is 10.2 Å². The molecule has 1 rings (SSSR count). The first-order valence-electron chi connectivity index (χ1n) is 5.89. The van der Waals surface area contributed by atoms with Crippen LogP contribution in [0.1, 0.15) is 51.0 Å². The Labute approximate surface area is 97.9 Å². The molecule has 0 aliphatic rings. The predicted octanol–water partition coefficient (Wildman–Crippen LogP) is 3.07. The molecule has 0 saturated heterocycles. The molecule has 0 aliphatic heterocycles. The first kappa shape index (κ1) is 13.2. The van der Waals surface area contributed by atoms with Crippen LogP contribution in [0.25, 0.3) is 0 Å². The molecule has 0 heterocycles. The molecule has 0 fully saturated rings. The molecule has 2 nitrogen and oxygen atoms in total. The lowest BCUT2D eigenvalue weighted by atomic mass is 9.93. The fourth-order valence-electron chi connectivity index (χ4n) is 1.70. The van der Waals surface area contributed by atoms with Crippen molar-refractivity contribution in [3.8, 4) is 0 Å². The molecule has 2 unspecified atom stereocenters. The van der Waals surface area contributed by atoms with E-state index in [-0.39, 0.29) is 11.8 Å². The highest BCUT2D eigenvalue weighted by Gasteiger charge is 2.16. The van der Waals surface area contributed by atoms with Gasteiger partial charge in [-0.25, -0.2) is 0 Å². The summed E-state index contributed by atoms with van der Waals surface area (Å²) in [5, 5.41) is 19.9. The summed E-state index contributed by atoms with van der Waals surface area (Å²) in [4.78, 5) is 0. The van der Waals surface area contributed by atoms with Crippen molar-refractivity contribution in [1.29, 1.82) is 0 Å². The Morgan fingerprint density at radius 3 is 1.50 bits per heavy atom. The zero-order valence-corrected chi connectivity index (χ0v) is 10.5. The molecule has 0 radical (unpaired) electrons. The Hall–Kier alpha value is -0.860. The number of aliphatic hydroxyl groups excluding tert-OH is 2. The summed E-state index contributed by atoms with van der Waals surface area (Å²) in [5.41, 5.74) is 1.76. The van der Waals surface area contributed by atoms with Crippen LogP contribution in [0.4, 0.5) is 0 Å². The largest absolute Gasteiger partial charge is 0.388 e. The minimum atomic E-state index is -0.459. The first-order chi connectivity index (χ1) is 7.43. The number of hydrogen-bond donors (Lipinski definition) is 2. The van der Waals surface area contributed by atoms with Crippen molar-refractivity contribution in [3.05, 3.63) is 35.4 Å². The highest BCUT2D eigenvalue weighted by molar-refractivity contribution is 5.27. The summed E-state index contributed by atoms with van der Waals surface area (Å²) >= 11 is 0. The zero-order chi connectivity index (χ0) is 12.3. The smallest absolute Gasteiger partial charge is 0.0813 e. The molecule has 0 aromatic heterocycles. The summed E-state index contributed by atoms with van der Waals surface area (Å²) in [6.07, 6.45) is -0.918.